The molecule has 0 radical (unpaired) electrons. The number of benzene rings is 1. The van der Waals surface area contributed by atoms with Crippen molar-refractivity contribution >= 4 is 5.97 Å². The molecule has 134 valence electrons. The highest BCUT2D eigenvalue weighted by Crippen LogP contribution is 2.38. The van der Waals surface area contributed by atoms with Crippen molar-refractivity contribution in [1.29, 1.82) is 0 Å². The fraction of sp³-hybridized carbons (Fsp3) is 0.571. The average Bonchev–Trinajstić information content (AvgIpc) is 2.69. The number of carbonyl (C=O) groups excluding carboxylic acids is 1. The largest absolute Gasteiger partial charge is 0.458 e. The van der Waals surface area contributed by atoms with Crippen LogP contribution >= 0.6 is 0 Å². The quantitative estimate of drug-likeness (QED) is 0.676. The van der Waals surface area contributed by atoms with E-state index >= 15 is 0 Å². The number of carbonyl (C=O) groups is 1. The van der Waals surface area contributed by atoms with Crippen LogP contribution in [-0.4, -0.2) is 41.7 Å². The van der Waals surface area contributed by atoms with Crippen LogP contribution in [0.4, 0.5) is 0 Å². The molecule has 1 aromatic rings. The minimum atomic E-state index is -1.65. The molecule has 3 aliphatic heterocycles. The minimum absolute atomic E-state index is 0.0885. The monoisotopic (exact) mass is 341 g/mol. The number of fused-ring (bicyclic) bond motifs is 3. The maximum Gasteiger partial charge on any atom is 0.347 e. The number of aliphatic hydroxyl groups is 1. The topological polar surface area (TPSA) is 49.8 Å². The molecule has 1 N–H and O–H groups in total. The van der Waals surface area contributed by atoms with Gasteiger partial charge in [0, 0.05) is 6.54 Å². The Morgan fingerprint density at radius 1 is 1.16 bits per heavy atom. The van der Waals surface area contributed by atoms with Gasteiger partial charge in [-0.05, 0) is 68.7 Å². The van der Waals surface area contributed by atoms with Gasteiger partial charge in [0.1, 0.15) is 6.10 Å². The van der Waals surface area contributed by atoms with Crippen molar-refractivity contribution < 1.29 is 14.6 Å². The van der Waals surface area contributed by atoms with E-state index in [4.69, 9.17) is 4.74 Å². The van der Waals surface area contributed by atoms with Crippen LogP contribution < -0.4 is 0 Å². The second-order valence-electron chi connectivity index (χ2n) is 7.63. The number of ether oxygens (including phenoxy) is 1. The molecule has 2 atom stereocenters. The lowest BCUT2D eigenvalue weighted by molar-refractivity contribution is -0.177. The molecule has 25 heavy (non-hydrogen) atoms. The maximum absolute atomic E-state index is 13.2. The Hall–Kier alpha value is -1.65. The van der Waals surface area contributed by atoms with Crippen LogP contribution in [0, 0.1) is 5.92 Å². The van der Waals surface area contributed by atoms with Gasteiger partial charge in [0.05, 0.1) is 0 Å². The Labute approximate surface area is 149 Å². The lowest BCUT2D eigenvalue weighted by Crippen LogP contribution is -2.53. The number of hydrogen-bond donors (Lipinski definition) is 1. The predicted molar refractivity (Wildman–Crippen MR) is 95.9 cm³/mol. The fourth-order valence-electron chi connectivity index (χ4n) is 4.55. The molecule has 0 spiro atoms. The van der Waals surface area contributed by atoms with E-state index in [0.29, 0.717) is 11.5 Å². The molecule has 2 unspecified atom stereocenters. The van der Waals surface area contributed by atoms with Gasteiger partial charge in [-0.2, -0.15) is 0 Å². The molecule has 5 rings (SSSR count). The summed E-state index contributed by atoms with van der Waals surface area (Å²) >= 11 is 0. The summed E-state index contributed by atoms with van der Waals surface area (Å²) in [6, 6.07) is 9.29. The van der Waals surface area contributed by atoms with Crippen LogP contribution in [0.2, 0.25) is 0 Å². The molecule has 0 amide bonds. The summed E-state index contributed by atoms with van der Waals surface area (Å²) in [6.45, 7) is 3.01. The van der Waals surface area contributed by atoms with Crippen molar-refractivity contribution in [2.75, 3.05) is 19.6 Å². The summed E-state index contributed by atoms with van der Waals surface area (Å²) in [6.07, 6.45) is 7.91. The number of hydrogen-bond acceptors (Lipinski definition) is 4. The lowest BCUT2D eigenvalue weighted by atomic mass is 9.80. The normalized spacial score (nSPS) is 31.1. The first-order chi connectivity index (χ1) is 12.2. The standard InChI is InChI=1S/C21H27NO3/c23-20(25-19-15-22-13-11-16(19)12-14-22)21(24,17-7-3-1-4-8-17)18-9-5-2-6-10-18/h1,3-4,7-9,16,19,24H,2,5-6,10-15H2. The van der Waals surface area contributed by atoms with Gasteiger partial charge in [-0.25, -0.2) is 4.79 Å². The molecule has 4 heteroatoms. The number of piperidine rings is 3. The summed E-state index contributed by atoms with van der Waals surface area (Å²) in [5.74, 6) is -0.0556. The molecule has 2 bridgehead atoms. The minimum Gasteiger partial charge on any atom is -0.458 e. The van der Waals surface area contributed by atoms with Gasteiger partial charge in [-0.3, -0.25) is 4.90 Å². The Morgan fingerprint density at radius 3 is 2.52 bits per heavy atom. The van der Waals surface area contributed by atoms with Crippen molar-refractivity contribution in [1.82, 2.24) is 4.90 Å². The highest BCUT2D eigenvalue weighted by molar-refractivity contribution is 5.85. The van der Waals surface area contributed by atoms with Gasteiger partial charge in [-0.1, -0.05) is 36.4 Å². The average molecular weight is 341 g/mol. The second kappa shape index (κ2) is 6.93. The number of nitrogens with zero attached hydrogens (tertiary/aromatic N) is 1. The molecule has 3 saturated heterocycles. The summed E-state index contributed by atoms with van der Waals surface area (Å²) in [5.41, 5.74) is -0.223. The predicted octanol–water partition coefficient (Wildman–Crippen LogP) is 3.01. The Bertz CT molecular complexity index is 648. The van der Waals surface area contributed by atoms with Crippen LogP contribution in [0.3, 0.4) is 0 Å². The highest BCUT2D eigenvalue weighted by atomic mass is 16.6. The van der Waals surface area contributed by atoms with E-state index in [1.807, 2.05) is 36.4 Å². The first-order valence-corrected chi connectivity index (χ1v) is 9.59. The van der Waals surface area contributed by atoms with E-state index in [1.54, 1.807) is 0 Å². The number of allylic oxidation sites excluding steroid dienone is 1. The van der Waals surface area contributed by atoms with E-state index in [2.05, 4.69) is 4.90 Å². The molecule has 3 heterocycles. The molecule has 4 nitrogen and oxygen atoms in total. The molecule has 1 aliphatic carbocycles. The zero-order valence-corrected chi connectivity index (χ0v) is 14.7. The maximum atomic E-state index is 13.2. The first-order valence-electron chi connectivity index (χ1n) is 9.59. The Balaban J connectivity index is 1.61. The number of rotatable bonds is 4. The van der Waals surface area contributed by atoms with Crippen molar-refractivity contribution in [3.63, 3.8) is 0 Å². The third-order valence-corrected chi connectivity index (χ3v) is 6.10. The van der Waals surface area contributed by atoms with Gasteiger partial charge in [-0.15, -0.1) is 0 Å². The van der Waals surface area contributed by atoms with E-state index in [1.165, 1.54) is 0 Å². The van der Waals surface area contributed by atoms with Crippen LogP contribution in [0.1, 0.15) is 44.1 Å². The van der Waals surface area contributed by atoms with Crippen LogP contribution in [0.15, 0.2) is 42.0 Å². The molecule has 3 fully saturated rings. The number of esters is 1. The lowest BCUT2D eigenvalue weighted by Gasteiger charge is -2.45. The zero-order chi connectivity index (χ0) is 17.3. The Morgan fingerprint density at radius 2 is 1.92 bits per heavy atom. The fourth-order valence-corrected chi connectivity index (χ4v) is 4.55. The van der Waals surface area contributed by atoms with Crippen molar-refractivity contribution in [2.45, 2.75) is 50.2 Å². The van der Waals surface area contributed by atoms with Gasteiger partial charge >= 0.3 is 5.97 Å². The molecular formula is C21H27NO3. The van der Waals surface area contributed by atoms with E-state index in [0.717, 1.165) is 63.7 Å². The van der Waals surface area contributed by atoms with E-state index in [-0.39, 0.29) is 6.10 Å². The molecular weight excluding hydrogens is 314 g/mol. The van der Waals surface area contributed by atoms with Crippen LogP contribution in [0.25, 0.3) is 0 Å². The van der Waals surface area contributed by atoms with Crippen LogP contribution in [0.5, 0.6) is 0 Å². The third kappa shape index (κ3) is 3.13. The molecule has 1 aromatic carbocycles. The second-order valence-corrected chi connectivity index (χ2v) is 7.63. The molecule has 4 aliphatic rings. The van der Waals surface area contributed by atoms with E-state index in [9.17, 15) is 9.90 Å². The van der Waals surface area contributed by atoms with Gasteiger partial charge in [0.15, 0.2) is 0 Å². The van der Waals surface area contributed by atoms with Crippen molar-refractivity contribution in [3.8, 4) is 0 Å². The van der Waals surface area contributed by atoms with Gasteiger partial charge in [0.2, 0.25) is 5.60 Å². The van der Waals surface area contributed by atoms with Crippen molar-refractivity contribution in [2.24, 2.45) is 5.92 Å². The van der Waals surface area contributed by atoms with Crippen molar-refractivity contribution in [3.05, 3.63) is 47.5 Å². The summed E-state index contributed by atoms with van der Waals surface area (Å²) in [7, 11) is 0. The highest BCUT2D eigenvalue weighted by Gasteiger charge is 2.46. The molecule has 0 aromatic heterocycles. The van der Waals surface area contributed by atoms with Gasteiger partial charge < -0.3 is 9.84 Å². The van der Waals surface area contributed by atoms with E-state index < -0.39 is 11.6 Å². The molecule has 0 saturated carbocycles. The zero-order valence-electron chi connectivity index (χ0n) is 14.7. The van der Waals surface area contributed by atoms with Crippen LogP contribution in [-0.2, 0) is 15.1 Å². The first kappa shape index (κ1) is 16.8. The SMILES string of the molecule is O=C(OC1CN2CCC1CC2)C(O)(C1=CCCCC1)c1ccccc1. The smallest absolute Gasteiger partial charge is 0.347 e. The summed E-state index contributed by atoms with van der Waals surface area (Å²) in [5, 5.41) is 11.5. The summed E-state index contributed by atoms with van der Waals surface area (Å²) < 4.78 is 5.93. The third-order valence-electron chi connectivity index (χ3n) is 6.10. The van der Waals surface area contributed by atoms with Gasteiger partial charge in [0.25, 0.3) is 0 Å². The summed E-state index contributed by atoms with van der Waals surface area (Å²) in [4.78, 5) is 15.5. The Kier molecular flexibility index (Phi) is 4.65.